The summed E-state index contributed by atoms with van der Waals surface area (Å²) in [5, 5.41) is 16.1. The third kappa shape index (κ3) is 10.5. The van der Waals surface area contributed by atoms with Gasteiger partial charge in [-0.3, -0.25) is 0 Å². The van der Waals surface area contributed by atoms with Gasteiger partial charge in [0.05, 0.1) is 0 Å². The second-order valence-electron chi connectivity index (χ2n) is 23.2. The van der Waals surface area contributed by atoms with E-state index in [9.17, 15) is 0 Å². The van der Waals surface area contributed by atoms with Crippen LogP contribution < -0.4 is 20.7 Å². The van der Waals surface area contributed by atoms with Crippen LogP contribution in [0.25, 0.3) is 87.2 Å². The zero-order valence-corrected chi connectivity index (χ0v) is 55.1. The van der Waals surface area contributed by atoms with Gasteiger partial charge in [-0.05, 0) is 143 Å². The molecule has 81 heavy (non-hydrogen) atoms. The summed E-state index contributed by atoms with van der Waals surface area (Å²) in [7, 11) is -3.36. The normalized spacial score (nSPS) is 12.4. The number of benzene rings is 8. The molecule has 12 rings (SSSR count). The summed E-state index contributed by atoms with van der Waals surface area (Å²) in [6, 6.07) is 58.8. The lowest BCUT2D eigenvalue weighted by atomic mass is 10.1. The van der Waals surface area contributed by atoms with Crippen molar-refractivity contribution in [2.75, 3.05) is 0 Å². The fourth-order valence-electron chi connectivity index (χ4n) is 14.0. The minimum absolute atomic E-state index is 1.00. The van der Waals surface area contributed by atoms with Crippen molar-refractivity contribution in [2.45, 2.75) is 157 Å². The maximum absolute atomic E-state index is 3.97. The van der Waals surface area contributed by atoms with Gasteiger partial charge in [0, 0.05) is 131 Å². The van der Waals surface area contributed by atoms with Crippen LogP contribution >= 0.6 is 63.7 Å². The molecule has 0 amide bonds. The molecule has 0 aliphatic rings. The lowest BCUT2D eigenvalue weighted by Gasteiger charge is -2.35. The molecule has 12 aromatic rings. The summed E-state index contributed by atoms with van der Waals surface area (Å²) in [5.74, 6) is 0. The Balaban J connectivity index is 1.21. The molecule has 9 heteroatoms. The molecule has 8 aromatic carbocycles. The van der Waals surface area contributed by atoms with Crippen LogP contribution in [0.4, 0.5) is 0 Å². The second kappa shape index (κ2) is 24.7. The summed E-state index contributed by atoms with van der Waals surface area (Å²) in [4.78, 5) is 0. The van der Waals surface area contributed by atoms with E-state index in [-0.39, 0.29) is 0 Å². The number of unbranched alkanes of at least 4 members (excludes halogenated alkanes) is 12. The molecule has 0 saturated heterocycles. The number of nitrogens with zero attached hydrogens (tertiary/aromatic N) is 4. The predicted molar refractivity (Wildman–Crippen MR) is 369 cm³/mol. The van der Waals surface area contributed by atoms with Gasteiger partial charge in [-0.2, -0.15) is 0 Å². The van der Waals surface area contributed by atoms with Crippen molar-refractivity contribution in [1.29, 1.82) is 0 Å². The highest BCUT2D eigenvalue weighted by atomic mass is 79.9. The molecular formula is C72H76Br4N4Si. The number of aryl methyl sites for hydroxylation is 4. The molecule has 0 radical (unpaired) electrons. The highest BCUT2D eigenvalue weighted by molar-refractivity contribution is 9.11. The van der Waals surface area contributed by atoms with Crippen molar-refractivity contribution in [3.05, 3.63) is 163 Å². The van der Waals surface area contributed by atoms with Gasteiger partial charge in [-0.15, -0.1) is 0 Å². The monoisotopic (exact) mass is 1340 g/mol. The van der Waals surface area contributed by atoms with Crippen LogP contribution in [0.1, 0.15) is 130 Å². The first-order valence-electron chi connectivity index (χ1n) is 30.5. The van der Waals surface area contributed by atoms with Gasteiger partial charge in [-0.25, -0.2) is 0 Å². The van der Waals surface area contributed by atoms with Gasteiger partial charge in [-0.1, -0.05) is 217 Å². The van der Waals surface area contributed by atoms with Crippen LogP contribution in [-0.2, 0) is 26.2 Å². The van der Waals surface area contributed by atoms with E-state index in [4.69, 9.17) is 0 Å². The zero-order valence-electron chi connectivity index (χ0n) is 47.8. The van der Waals surface area contributed by atoms with Gasteiger partial charge < -0.3 is 18.3 Å². The Labute approximate surface area is 513 Å². The summed E-state index contributed by atoms with van der Waals surface area (Å²) in [5.41, 5.74) is 10.5. The second-order valence-corrected chi connectivity index (χ2v) is 30.6. The summed E-state index contributed by atoms with van der Waals surface area (Å²) in [6.07, 6.45) is 19.5. The van der Waals surface area contributed by atoms with Gasteiger partial charge >= 0.3 is 0 Å². The van der Waals surface area contributed by atoms with E-state index in [2.05, 4.69) is 255 Å². The molecule has 0 aliphatic carbocycles. The summed E-state index contributed by atoms with van der Waals surface area (Å²) in [6.45, 7) is 13.3. The van der Waals surface area contributed by atoms with Crippen molar-refractivity contribution in [3.8, 4) is 0 Å². The summed E-state index contributed by atoms with van der Waals surface area (Å²) < 4.78 is 14.9. The molecule has 4 heterocycles. The van der Waals surface area contributed by atoms with E-state index >= 15 is 0 Å². The third-order valence-electron chi connectivity index (χ3n) is 18.0. The average molecular weight is 1350 g/mol. The van der Waals surface area contributed by atoms with E-state index in [0.717, 1.165) is 69.8 Å². The molecule has 0 fully saturated rings. The number of fused-ring (bicyclic) bond motifs is 12. The molecule has 0 aliphatic heterocycles. The van der Waals surface area contributed by atoms with Crippen molar-refractivity contribution >= 4 is 180 Å². The Bertz CT molecular complexity index is 3720. The van der Waals surface area contributed by atoms with Crippen LogP contribution in [0.3, 0.4) is 0 Å². The molecule has 0 unspecified atom stereocenters. The lowest BCUT2D eigenvalue weighted by Crippen LogP contribution is -2.74. The van der Waals surface area contributed by atoms with E-state index in [1.807, 2.05) is 0 Å². The Morgan fingerprint density at radius 3 is 0.654 bits per heavy atom. The Hall–Kier alpha value is -4.90. The van der Waals surface area contributed by atoms with E-state index < -0.39 is 8.07 Å². The zero-order chi connectivity index (χ0) is 55.8. The molecule has 0 spiro atoms. The SMILES string of the molecule is CCCCCCn1c2ccc(Br)cc2c2cc([Si](c3ccc4c(c3)c3cc(Br)ccc3n4CCCCCC)(c3ccc4c(c3)c3cc(Br)ccc3n4CCCCCC)c3ccc4c(c3)c3cc(Br)ccc3n4CCCCCC)ccc21. The minimum Gasteiger partial charge on any atom is -0.340 e. The smallest absolute Gasteiger partial charge is 0.179 e. The van der Waals surface area contributed by atoms with Crippen LogP contribution in [0.5, 0.6) is 0 Å². The standard InChI is InChI=1S/C72H76Br4N4Si/c1-5-9-13-17-37-77-65-29-21-49(73)41-57(65)61-45-53(25-33-69(61)77)81(54-26-34-70-62(46-54)58-42-50(74)22-30-66(58)78(70)38-18-14-10-6-2,55-27-35-71-63(47-55)59-43-51(75)23-31-67(59)79(71)39-19-15-11-7-3)56-28-36-72-64(48-56)60-44-52(76)24-32-68(60)80(72)40-20-16-12-8-4/h21-36,41-48H,5-20,37-40H2,1-4H3. The predicted octanol–water partition coefficient (Wildman–Crippen LogP) is 20.9. The van der Waals surface area contributed by atoms with Crippen LogP contribution in [0.2, 0.25) is 0 Å². The minimum atomic E-state index is -3.36. The van der Waals surface area contributed by atoms with Crippen LogP contribution in [-0.4, -0.2) is 26.3 Å². The first-order chi connectivity index (χ1) is 39.7. The lowest BCUT2D eigenvalue weighted by molar-refractivity contribution is 0.602. The number of halogens is 4. The molecule has 4 aromatic heterocycles. The largest absolute Gasteiger partial charge is 0.340 e. The number of hydrogen-bond donors (Lipinski definition) is 0. The Morgan fingerprint density at radius 1 is 0.247 bits per heavy atom. The molecule has 0 N–H and O–H groups in total. The van der Waals surface area contributed by atoms with Crippen molar-refractivity contribution < 1.29 is 0 Å². The van der Waals surface area contributed by atoms with Gasteiger partial charge in [0.25, 0.3) is 0 Å². The molecule has 4 nitrogen and oxygen atoms in total. The van der Waals surface area contributed by atoms with Crippen LogP contribution in [0, 0.1) is 0 Å². The highest BCUT2D eigenvalue weighted by Crippen LogP contribution is 2.38. The molecular weight excluding hydrogens is 1270 g/mol. The molecule has 0 bridgehead atoms. The maximum atomic E-state index is 3.97. The van der Waals surface area contributed by atoms with Gasteiger partial charge in [0.15, 0.2) is 8.07 Å². The molecule has 0 saturated carbocycles. The van der Waals surface area contributed by atoms with Gasteiger partial charge in [0.2, 0.25) is 0 Å². The third-order valence-corrected chi connectivity index (χ3v) is 24.7. The van der Waals surface area contributed by atoms with Crippen LogP contribution in [0.15, 0.2) is 163 Å². The Kier molecular flexibility index (Phi) is 17.3. The van der Waals surface area contributed by atoms with E-state index in [0.29, 0.717) is 0 Å². The number of rotatable bonds is 24. The van der Waals surface area contributed by atoms with Crippen molar-refractivity contribution in [2.24, 2.45) is 0 Å². The maximum Gasteiger partial charge on any atom is 0.179 e. The van der Waals surface area contributed by atoms with E-state index in [1.54, 1.807) is 0 Å². The summed E-state index contributed by atoms with van der Waals surface area (Å²) >= 11 is 15.9. The van der Waals surface area contributed by atoms with E-state index in [1.165, 1.54) is 185 Å². The number of hydrogen-bond acceptors (Lipinski definition) is 0. The fraction of sp³-hybridized carbons (Fsp3) is 0.333. The molecule has 416 valence electrons. The fourth-order valence-corrected chi connectivity index (χ4v) is 20.2. The quantitative estimate of drug-likeness (QED) is 0.0326. The average Bonchev–Trinajstić information content (AvgIpc) is 4.38. The number of aromatic nitrogens is 4. The van der Waals surface area contributed by atoms with Crippen molar-refractivity contribution in [1.82, 2.24) is 18.3 Å². The van der Waals surface area contributed by atoms with Crippen molar-refractivity contribution in [3.63, 3.8) is 0 Å². The van der Waals surface area contributed by atoms with Gasteiger partial charge in [0.1, 0.15) is 0 Å². The molecule has 0 atom stereocenters. The topological polar surface area (TPSA) is 19.7 Å². The highest BCUT2D eigenvalue weighted by Gasteiger charge is 2.43. The Morgan fingerprint density at radius 2 is 0.444 bits per heavy atom. The first-order valence-corrected chi connectivity index (χ1v) is 35.7. The first kappa shape index (κ1) is 56.6.